The van der Waals surface area contributed by atoms with E-state index >= 15 is 0 Å². The van der Waals surface area contributed by atoms with Crippen LogP contribution in [0.25, 0.3) is 5.70 Å². The minimum atomic E-state index is -2.48. The van der Waals surface area contributed by atoms with Gasteiger partial charge in [0.2, 0.25) is 0 Å². The highest BCUT2D eigenvalue weighted by molar-refractivity contribution is 7.80. The first kappa shape index (κ1) is 21.0. The predicted octanol–water partition coefficient (Wildman–Crippen LogP) is 3.61. The number of nitrogens with zero attached hydrogens (tertiary/aromatic N) is 3. The van der Waals surface area contributed by atoms with Crippen LogP contribution < -0.4 is 10.2 Å². The molecule has 0 spiro atoms. The fraction of sp³-hybridized carbons (Fsp3) is 0.526. The Morgan fingerprint density at radius 2 is 2.07 bits per heavy atom. The molecular formula is C19H26F2N4OS2. The maximum atomic E-state index is 13.2. The van der Waals surface area contributed by atoms with Crippen molar-refractivity contribution in [2.45, 2.75) is 26.8 Å². The normalized spacial score (nSPS) is 17.0. The van der Waals surface area contributed by atoms with Crippen LogP contribution in [-0.2, 0) is 11.3 Å². The minimum absolute atomic E-state index is 0.424. The molecule has 0 bridgehead atoms. The van der Waals surface area contributed by atoms with Gasteiger partial charge in [0, 0.05) is 42.4 Å². The van der Waals surface area contributed by atoms with Crippen molar-refractivity contribution in [3.8, 4) is 0 Å². The van der Waals surface area contributed by atoms with E-state index in [4.69, 9.17) is 17.0 Å². The number of anilines is 1. The summed E-state index contributed by atoms with van der Waals surface area (Å²) in [5.41, 5.74) is 2.56. The van der Waals surface area contributed by atoms with Crippen LogP contribution >= 0.6 is 23.6 Å². The maximum Gasteiger partial charge on any atom is 0.256 e. The van der Waals surface area contributed by atoms with Gasteiger partial charge in [-0.25, -0.2) is 8.78 Å². The van der Waals surface area contributed by atoms with Crippen LogP contribution in [0.5, 0.6) is 0 Å². The van der Waals surface area contributed by atoms with E-state index in [1.165, 1.54) is 4.90 Å². The second-order valence-corrected chi connectivity index (χ2v) is 8.17. The molecule has 1 fully saturated rings. The Morgan fingerprint density at radius 3 is 2.68 bits per heavy atom. The number of nitrogens with one attached hydrogen (secondary N) is 1. The molecule has 0 atom stereocenters. The molecule has 9 heteroatoms. The first-order valence-electron chi connectivity index (χ1n) is 9.29. The zero-order valence-electron chi connectivity index (χ0n) is 16.3. The zero-order valence-corrected chi connectivity index (χ0v) is 17.9. The second-order valence-electron chi connectivity index (χ2n) is 6.70. The SMILES string of the molecule is C=C1c2c(sc(CN3CCNC3=S)c2C)N(CCOCC)C(=C)N1CC(F)F. The van der Waals surface area contributed by atoms with Gasteiger partial charge < -0.3 is 24.8 Å². The predicted molar refractivity (Wildman–Crippen MR) is 115 cm³/mol. The molecule has 154 valence electrons. The monoisotopic (exact) mass is 428 g/mol. The highest BCUT2D eigenvalue weighted by Crippen LogP contribution is 2.47. The molecule has 0 aliphatic carbocycles. The Labute approximate surface area is 174 Å². The summed E-state index contributed by atoms with van der Waals surface area (Å²) >= 11 is 7.01. The Balaban J connectivity index is 1.95. The standard InChI is InChI=1S/C19H26F2N4OS2/c1-5-26-9-8-24-14(4)25(11-16(20)21)13(3)17-12(2)15(28-18(17)24)10-23-7-6-22-19(23)27/h16H,3-11H2,1-2H3,(H,22,27). The average molecular weight is 429 g/mol. The van der Waals surface area contributed by atoms with Crippen molar-refractivity contribution >= 4 is 39.4 Å². The van der Waals surface area contributed by atoms with Crippen LogP contribution in [0.3, 0.4) is 0 Å². The van der Waals surface area contributed by atoms with Gasteiger partial charge in [0.15, 0.2) is 5.11 Å². The molecule has 0 unspecified atom stereocenters. The summed E-state index contributed by atoms with van der Waals surface area (Å²) < 4.78 is 31.9. The number of hydrogen-bond acceptors (Lipinski definition) is 5. The molecule has 28 heavy (non-hydrogen) atoms. The van der Waals surface area contributed by atoms with Crippen molar-refractivity contribution in [3.63, 3.8) is 0 Å². The number of alkyl halides is 2. The van der Waals surface area contributed by atoms with Gasteiger partial charge in [0.25, 0.3) is 6.43 Å². The largest absolute Gasteiger partial charge is 0.380 e. The summed E-state index contributed by atoms with van der Waals surface area (Å²) in [6.07, 6.45) is -2.48. The molecule has 0 aromatic carbocycles. The quantitative estimate of drug-likeness (QED) is 0.503. The van der Waals surface area contributed by atoms with E-state index in [9.17, 15) is 8.78 Å². The summed E-state index contributed by atoms with van der Waals surface area (Å²) in [4.78, 5) is 6.78. The lowest BCUT2D eigenvalue weighted by Gasteiger charge is -2.40. The molecule has 3 rings (SSSR count). The smallest absolute Gasteiger partial charge is 0.256 e. The van der Waals surface area contributed by atoms with Gasteiger partial charge in [-0.15, -0.1) is 11.3 Å². The number of hydrogen-bond donors (Lipinski definition) is 1. The Hall–Kier alpha value is -1.71. The van der Waals surface area contributed by atoms with E-state index in [2.05, 4.69) is 23.4 Å². The molecule has 5 nitrogen and oxygen atoms in total. The van der Waals surface area contributed by atoms with E-state index in [0.717, 1.165) is 39.2 Å². The van der Waals surface area contributed by atoms with Gasteiger partial charge in [-0.2, -0.15) is 0 Å². The maximum absolute atomic E-state index is 13.2. The van der Waals surface area contributed by atoms with E-state index in [1.54, 1.807) is 11.3 Å². The lowest BCUT2D eigenvalue weighted by atomic mass is 10.1. The summed E-state index contributed by atoms with van der Waals surface area (Å²) in [5.74, 6) is 0.517. The molecule has 1 N–H and O–H groups in total. The van der Waals surface area contributed by atoms with Crippen LogP contribution in [0.2, 0.25) is 0 Å². The van der Waals surface area contributed by atoms with Crippen molar-refractivity contribution < 1.29 is 13.5 Å². The Morgan fingerprint density at radius 1 is 1.32 bits per heavy atom. The molecule has 0 saturated carbocycles. The first-order valence-corrected chi connectivity index (χ1v) is 10.5. The molecule has 2 aliphatic rings. The summed E-state index contributed by atoms with van der Waals surface area (Å²) in [6, 6.07) is 0. The summed E-state index contributed by atoms with van der Waals surface area (Å²) in [5, 5.41) is 4.91. The van der Waals surface area contributed by atoms with Gasteiger partial charge in [-0.3, -0.25) is 0 Å². The number of thiophene rings is 1. The zero-order chi connectivity index (χ0) is 20.4. The van der Waals surface area contributed by atoms with Crippen molar-refractivity contribution in [2.75, 3.05) is 44.3 Å². The number of halogens is 2. The van der Waals surface area contributed by atoms with Crippen LogP contribution in [-0.4, -0.2) is 60.7 Å². The molecule has 3 heterocycles. The molecule has 1 aromatic heterocycles. The molecule has 0 radical (unpaired) electrons. The van der Waals surface area contributed by atoms with Gasteiger partial charge in [-0.1, -0.05) is 13.2 Å². The molecule has 1 aromatic rings. The molecule has 1 saturated heterocycles. The van der Waals surface area contributed by atoms with Gasteiger partial charge in [0.05, 0.1) is 19.7 Å². The number of fused-ring (bicyclic) bond motifs is 1. The van der Waals surface area contributed by atoms with Gasteiger partial charge in [-0.05, 0) is 31.6 Å². The van der Waals surface area contributed by atoms with Crippen LogP contribution in [0.4, 0.5) is 13.8 Å². The van der Waals surface area contributed by atoms with Gasteiger partial charge >= 0.3 is 0 Å². The lowest BCUT2D eigenvalue weighted by molar-refractivity contribution is 0.120. The first-order chi connectivity index (χ1) is 13.3. The fourth-order valence-corrected chi connectivity index (χ4v) is 5.14. The van der Waals surface area contributed by atoms with E-state index in [0.29, 0.717) is 37.8 Å². The number of thiocarbonyl (C=S) groups is 1. The van der Waals surface area contributed by atoms with Crippen LogP contribution in [0.1, 0.15) is 22.9 Å². The van der Waals surface area contributed by atoms with Crippen LogP contribution in [0.15, 0.2) is 19.0 Å². The van der Waals surface area contributed by atoms with E-state index in [-0.39, 0.29) is 0 Å². The molecule has 0 amide bonds. The van der Waals surface area contributed by atoms with E-state index < -0.39 is 13.0 Å². The Kier molecular flexibility index (Phi) is 6.57. The third-order valence-corrected chi connectivity index (χ3v) is 6.68. The topological polar surface area (TPSA) is 31.0 Å². The second kappa shape index (κ2) is 8.75. The van der Waals surface area contributed by atoms with Crippen molar-refractivity contribution in [1.29, 1.82) is 0 Å². The number of ether oxygens (including phenoxy) is 1. The Bertz CT molecular complexity index is 780. The summed E-state index contributed by atoms with van der Waals surface area (Å²) in [7, 11) is 0. The van der Waals surface area contributed by atoms with Crippen molar-refractivity contribution in [3.05, 3.63) is 35.0 Å². The summed E-state index contributed by atoms with van der Waals surface area (Å²) in [6.45, 7) is 15.8. The minimum Gasteiger partial charge on any atom is -0.380 e. The van der Waals surface area contributed by atoms with Gasteiger partial charge in [0.1, 0.15) is 10.8 Å². The molecule has 2 aliphatic heterocycles. The number of rotatable bonds is 8. The van der Waals surface area contributed by atoms with E-state index in [1.807, 2.05) is 18.7 Å². The molecular weight excluding hydrogens is 402 g/mol. The van der Waals surface area contributed by atoms with Crippen LogP contribution in [0, 0.1) is 6.92 Å². The third kappa shape index (κ3) is 4.01. The fourth-order valence-electron chi connectivity index (χ4n) is 3.50. The highest BCUT2D eigenvalue weighted by atomic mass is 32.1. The lowest BCUT2D eigenvalue weighted by Crippen LogP contribution is -2.41. The average Bonchev–Trinajstić information content (AvgIpc) is 3.19. The van der Waals surface area contributed by atoms with Crippen molar-refractivity contribution in [2.24, 2.45) is 0 Å². The van der Waals surface area contributed by atoms with Crippen molar-refractivity contribution in [1.82, 2.24) is 15.1 Å². The third-order valence-electron chi connectivity index (χ3n) is 4.97. The highest BCUT2D eigenvalue weighted by Gasteiger charge is 2.34.